The maximum absolute atomic E-state index is 4.50. The number of hydrogen-bond acceptors (Lipinski definition) is 5. The zero-order chi connectivity index (χ0) is 15.2. The van der Waals surface area contributed by atoms with E-state index in [-0.39, 0.29) is 0 Å². The van der Waals surface area contributed by atoms with Gasteiger partial charge in [0.15, 0.2) is 0 Å². The van der Waals surface area contributed by atoms with Gasteiger partial charge in [0.2, 0.25) is 5.95 Å². The first kappa shape index (κ1) is 16.2. The van der Waals surface area contributed by atoms with Gasteiger partial charge in [-0.1, -0.05) is 13.8 Å². The Bertz CT molecular complexity index is 417. The molecular weight excluding hydrogens is 262 g/mol. The summed E-state index contributed by atoms with van der Waals surface area (Å²) in [5, 5.41) is 3.41. The Labute approximate surface area is 128 Å². The summed E-state index contributed by atoms with van der Waals surface area (Å²) in [7, 11) is 4.28. The summed E-state index contributed by atoms with van der Waals surface area (Å²) in [6, 6.07) is 0. The minimum Gasteiger partial charge on any atom is -0.344 e. The zero-order valence-electron chi connectivity index (χ0n) is 13.8. The van der Waals surface area contributed by atoms with Crippen LogP contribution in [0.15, 0.2) is 12.4 Å². The number of nitrogens with zero attached hydrogens (tertiary/aromatic N) is 4. The average Bonchev–Trinajstić information content (AvgIpc) is 2.84. The Hall–Kier alpha value is -1.20. The van der Waals surface area contributed by atoms with Gasteiger partial charge >= 0.3 is 0 Å². The third-order valence-electron chi connectivity index (χ3n) is 3.94. The van der Waals surface area contributed by atoms with Crippen molar-refractivity contribution in [3.63, 3.8) is 0 Å². The molecule has 118 valence electrons. The predicted octanol–water partition coefficient (Wildman–Crippen LogP) is 1.61. The monoisotopic (exact) mass is 291 g/mol. The van der Waals surface area contributed by atoms with Crippen molar-refractivity contribution in [2.24, 2.45) is 11.8 Å². The number of anilines is 1. The van der Waals surface area contributed by atoms with Crippen LogP contribution in [-0.4, -0.2) is 55.1 Å². The highest BCUT2D eigenvalue weighted by atomic mass is 15.2. The lowest BCUT2D eigenvalue weighted by atomic mass is 10.1. The first-order valence-corrected chi connectivity index (χ1v) is 7.96. The Kier molecular flexibility index (Phi) is 5.94. The molecule has 0 bridgehead atoms. The van der Waals surface area contributed by atoms with Crippen molar-refractivity contribution in [2.45, 2.75) is 26.8 Å². The second-order valence-corrected chi connectivity index (χ2v) is 6.71. The lowest BCUT2D eigenvalue weighted by Crippen LogP contribution is -2.28. The van der Waals surface area contributed by atoms with E-state index in [0.717, 1.165) is 37.1 Å². The Balaban J connectivity index is 1.80. The minimum absolute atomic E-state index is 0.667. The smallest absolute Gasteiger partial charge is 0.225 e. The highest BCUT2D eigenvalue weighted by Gasteiger charge is 2.21. The van der Waals surface area contributed by atoms with Crippen LogP contribution >= 0.6 is 0 Å². The molecule has 0 aromatic carbocycles. The van der Waals surface area contributed by atoms with Crippen LogP contribution in [0.5, 0.6) is 0 Å². The molecule has 0 saturated carbocycles. The summed E-state index contributed by atoms with van der Waals surface area (Å²) in [6.45, 7) is 9.72. The van der Waals surface area contributed by atoms with Crippen LogP contribution in [-0.2, 0) is 6.54 Å². The summed E-state index contributed by atoms with van der Waals surface area (Å²) in [5.41, 5.74) is 1.15. The number of likely N-dealkylation sites (tertiary alicyclic amines) is 1. The minimum atomic E-state index is 0.667. The molecule has 0 radical (unpaired) electrons. The van der Waals surface area contributed by atoms with Crippen LogP contribution < -0.4 is 10.2 Å². The van der Waals surface area contributed by atoms with Gasteiger partial charge in [-0.2, -0.15) is 0 Å². The topological polar surface area (TPSA) is 44.3 Å². The van der Waals surface area contributed by atoms with Gasteiger partial charge in [-0.15, -0.1) is 0 Å². The SMILES string of the molecule is CC(C)CNCc1cnc(N(C)CC2CCN(C)C2)nc1. The van der Waals surface area contributed by atoms with Crippen LogP contribution in [0.3, 0.4) is 0 Å². The molecule has 0 amide bonds. The molecule has 1 saturated heterocycles. The summed E-state index contributed by atoms with van der Waals surface area (Å²) in [4.78, 5) is 13.6. The van der Waals surface area contributed by atoms with Gasteiger partial charge < -0.3 is 15.1 Å². The molecule has 1 atom stereocenters. The molecule has 1 fully saturated rings. The van der Waals surface area contributed by atoms with Crippen LogP contribution in [0.1, 0.15) is 25.8 Å². The second kappa shape index (κ2) is 7.71. The van der Waals surface area contributed by atoms with E-state index in [0.29, 0.717) is 5.92 Å². The molecule has 21 heavy (non-hydrogen) atoms. The van der Waals surface area contributed by atoms with E-state index in [1.807, 2.05) is 12.4 Å². The first-order chi connectivity index (χ1) is 10.0. The van der Waals surface area contributed by atoms with Gasteiger partial charge in [0.05, 0.1) is 0 Å². The average molecular weight is 291 g/mol. The Morgan fingerprint density at radius 3 is 2.67 bits per heavy atom. The van der Waals surface area contributed by atoms with Crippen molar-refractivity contribution in [1.29, 1.82) is 0 Å². The number of aromatic nitrogens is 2. The van der Waals surface area contributed by atoms with Crippen molar-refractivity contribution in [3.05, 3.63) is 18.0 Å². The highest BCUT2D eigenvalue weighted by Crippen LogP contribution is 2.17. The Morgan fingerprint density at radius 2 is 2.10 bits per heavy atom. The first-order valence-electron chi connectivity index (χ1n) is 7.96. The van der Waals surface area contributed by atoms with Crippen molar-refractivity contribution >= 4 is 5.95 Å². The molecule has 5 heteroatoms. The largest absolute Gasteiger partial charge is 0.344 e. The van der Waals surface area contributed by atoms with Crippen LogP contribution in [0.2, 0.25) is 0 Å². The van der Waals surface area contributed by atoms with E-state index in [1.54, 1.807) is 0 Å². The van der Waals surface area contributed by atoms with Gasteiger partial charge in [0.1, 0.15) is 0 Å². The fraction of sp³-hybridized carbons (Fsp3) is 0.750. The van der Waals surface area contributed by atoms with Gasteiger partial charge in [0.25, 0.3) is 0 Å². The molecule has 0 aliphatic carbocycles. The highest BCUT2D eigenvalue weighted by molar-refractivity contribution is 5.28. The molecule has 1 unspecified atom stereocenters. The van der Waals surface area contributed by atoms with E-state index in [9.17, 15) is 0 Å². The number of nitrogens with one attached hydrogen (secondary N) is 1. The standard InChI is InChI=1S/C16H29N5/c1-13(2)7-17-8-15-9-18-16(19-10-15)21(4)12-14-5-6-20(3)11-14/h9-10,13-14,17H,5-8,11-12H2,1-4H3. The summed E-state index contributed by atoms with van der Waals surface area (Å²) in [5.74, 6) is 2.23. The van der Waals surface area contributed by atoms with E-state index < -0.39 is 0 Å². The van der Waals surface area contributed by atoms with Crippen LogP contribution in [0.4, 0.5) is 5.95 Å². The van der Waals surface area contributed by atoms with E-state index in [4.69, 9.17) is 0 Å². The predicted molar refractivity (Wildman–Crippen MR) is 87.5 cm³/mol. The molecule has 1 aromatic heterocycles. The van der Waals surface area contributed by atoms with Gasteiger partial charge in [0, 0.05) is 44.6 Å². The van der Waals surface area contributed by atoms with Gasteiger partial charge in [-0.25, -0.2) is 9.97 Å². The van der Waals surface area contributed by atoms with E-state index in [1.165, 1.54) is 19.5 Å². The molecule has 1 aliphatic rings. The molecule has 1 N–H and O–H groups in total. The van der Waals surface area contributed by atoms with Crippen molar-refractivity contribution in [1.82, 2.24) is 20.2 Å². The fourth-order valence-electron chi connectivity index (χ4n) is 2.79. The third-order valence-corrected chi connectivity index (χ3v) is 3.94. The fourth-order valence-corrected chi connectivity index (χ4v) is 2.79. The normalized spacial score (nSPS) is 19.4. The Morgan fingerprint density at radius 1 is 1.38 bits per heavy atom. The van der Waals surface area contributed by atoms with E-state index >= 15 is 0 Å². The molecule has 1 aliphatic heterocycles. The molecule has 1 aromatic rings. The molecule has 2 rings (SSSR count). The summed E-state index contributed by atoms with van der Waals surface area (Å²) >= 11 is 0. The number of hydrogen-bond donors (Lipinski definition) is 1. The zero-order valence-corrected chi connectivity index (χ0v) is 13.8. The lowest BCUT2D eigenvalue weighted by Gasteiger charge is -2.21. The van der Waals surface area contributed by atoms with Crippen LogP contribution in [0.25, 0.3) is 0 Å². The van der Waals surface area contributed by atoms with Crippen LogP contribution in [0, 0.1) is 11.8 Å². The second-order valence-electron chi connectivity index (χ2n) is 6.71. The summed E-state index contributed by atoms with van der Waals surface area (Å²) < 4.78 is 0. The quantitative estimate of drug-likeness (QED) is 0.827. The molecule has 5 nitrogen and oxygen atoms in total. The maximum Gasteiger partial charge on any atom is 0.225 e. The summed E-state index contributed by atoms with van der Waals surface area (Å²) in [6.07, 6.45) is 5.15. The van der Waals surface area contributed by atoms with Gasteiger partial charge in [-0.3, -0.25) is 0 Å². The maximum atomic E-state index is 4.50. The van der Waals surface area contributed by atoms with Gasteiger partial charge in [-0.05, 0) is 38.4 Å². The third kappa shape index (κ3) is 5.25. The molecular formula is C16H29N5. The lowest BCUT2D eigenvalue weighted by molar-refractivity contribution is 0.395. The molecule has 2 heterocycles. The van der Waals surface area contributed by atoms with E-state index in [2.05, 4.69) is 53.0 Å². The van der Waals surface area contributed by atoms with Crippen molar-refractivity contribution in [2.75, 3.05) is 45.2 Å². The molecule has 0 spiro atoms. The number of rotatable bonds is 7. The van der Waals surface area contributed by atoms with Crippen molar-refractivity contribution in [3.8, 4) is 0 Å². The van der Waals surface area contributed by atoms with Crippen molar-refractivity contribution < 1.29 is 0 Å².